The van der Waals surface area contributed by atoms with E-state index in [9.17, 15) is 8.42 Å². The lowest BCUT2D eigenvalue weighted by molar-refractivity contribution is 0.600. The lowest BCUT2D eigenvalue weighted by Gasteiger charge is -2.08. The molecule has 2 aromatic heterocycles. The normalized spacial score (nSPS) is 11.3. The van der Waals surface area contributed by atoms with Crippen LogP contribution in [0.25, 0.3) is 0 Å². The largest absolute Gasteiger partial charge is 0.266 e. The van der Waals surface area contributed by atoms with Crippen molar-refractivity contribution in [3.05, 3.63) is 40.0 Å². The van der Waals surface area contributed by atoms with Gasteiger partial charge in [0.2, 0.25) is 5.28 Å². The van der Waals surface area contributed by atoms with Crippen LogP contribution in [-0.2, 0) is 10.0 Å². The topological polar surface area (TPSA) is 84.8 Å². The molecule has 6 nitrogen and oxygen atoms in total. The molecule has 0 saturated heterocycles. The van der Waals surface area contributed by atoms with Crippen LogP contribution in [0.4, 0.5) is 5.82 Å². The van der Waals surface area contributed by atoms with E-state index < -0.39 is 10.0 Å². The highest BCUT2D eigenvalue weighted by molar-refractivity contribution is 7.92. The average molecular weight is 340 g/mol. The van der Waals surface area contributed by atoms with Gasteiger partial charge in [0.05, 0.1) is 5.02 Å². The number of pyridine rings is 1. The lowest BCUT2D eigenvalue weighted by atomic mass is 10.5. The molecule has 0 aliphatic carbocycles. The van der Waals surface area contributed by atoms with Gasteiger partial charge in [-0.3, -0.25) is 9.71 Å². The third-order valence-corrected chi connectivity index (χ3v) is 4.12. The molecule has 0 aliphatic heterocycles. The van der Waals surface area contributed by atoms with Gasteiger partial charge in [-0.15, -0.1) is 0 Å². The van der Waals surface area contributed by atoms with Crippen LogP contribution < -0.4 is 4.72 Å². The molecule has 0 atom stereocenters. The van der Waals surface area contributed by atoms with E-state index in [1.807, 2.05) is 0 Å². The van der Waals surface area contributed by atoms with E-state index in [1.165, 1.54) is 18.3 Å². The maximum atomic E-state index is 12.1. The summed E-state index contributed by atoms with van der Waals surface area (Å²) in [5, 5.41) is -0.133. The Hall–Kier alpha value is -1.15. The fraction of sp³-hybridized carbons (Fsp3) is 0. The molecule has 2 aromatic rings. The standard InChI is InChI=1S/C9H5Cl3N4O2S/c10-5-1-2-13-4-6(5)19(17,18)16-8-3-7(11)14-9(12)15-8/h1-4H,(H,14,15,16). The summed E-state index contributed by atoms with van der Waals surface area (Å²) in [6.45, 7) is 0. The second kappa shape index (κ2) is 5.46. The Bertz CT molecular complexity index is 703. The first kappa shape index (κ1) is 14.3. The Morgan fingerprint density at radius 1 is 1.16 bits per heavy atom. The second-order valence-electron chi connectivity index (χ2n) is 3.26. The van der Waals surface area contributed by atoms with Crippen molar-refractivity contribution in [2.45, 2.75) is 4.90 Å². The smallest absolute Gasteiger partial charge is 0.263 e. The Balaban J connectivity index is 2.39. The molecule has 100 valence electrons. The van der Waals surface area contributed by atoms with Gasteiger partial charge < -0.3 is 0 Å². The lowest BCUT2D eigenvalue weighted by Crippen LogP contribution is -2.15. The molecular formula is C9H5Cl3N4O2S. The van der Waals surface area contributed by atoms with Crippen molar-refractivity contribution in [2.75, 3.05) is 4.72 Å². The monoisotopic (exact) mass is 338 g/mol. The van der Waals surface area contributed by atoms with Crippen molar-refractivity contribution in [1.82, 2.24) is 15.0 Å². The van der Waals surface area contributed by atoms with Crippen molar-refractivity contribution in [1.29, 1.82) is 0 Å². The van der Waals surface area contributed by atoms with Gasteiger partial charge in [0.15, 0.2) is 0 Å². The molecule has 0 fully saturated rings. The maximum absolute atomic E-state index is 12.1. The third kappa shape index (κ3) is 3.44. The number of sulfonamides is 1. The third-order valence-electron chi connectivity index (χ3n) is 1.93. The fourth-order valence-corrected chi connectivity index (χ4v) is 3.03. The molecule has 2 heterocycles. The summed E-state index contributed by atoms with van der Waals surface area (Å²) in [6, 6.07) is 2.57. The van der Waals surface area contributed by atoms with E-state index in [0.717, 1.165) is 6.20 Å². The number of nitrogens with one attached hydrogen (secondary N) is 1. The fourth-order valence-electron chi connectivity index (χ4n) is 1.20. The van der Waals surface area contributed by atoms with Gasteiger partial charge in [0, 0.05) is 18.5 Å². The molecule has 2 rings (SSSR count). The van der Waals surface area contributed by atoms with Gasteiger partial charge in [-0.2, -0.15) is 4.98 Å². The number of aromatic nitrogens is 3. The summed E-state index contributed by atoms with van der Waals surface area (Å²) in [5.74, 6) is -0.0649. The first-order valence-corrected chi connectivity index (χ1v) is 7.32. The quantitative estimate of drug-likeness (QED) is 0.686. The summed E-state index contributed by atoms with van der Waals surface area (Å²) >= 11 is 17.0. The molecule has 0 saturated carbocycles. The van der Waals surface area contributed by atoms with Crippen LogP contribution in [0.15, 0.2) is 29.4 Å². The van der Waals surface area contributed by atoms with E-state index in [4.69, 9.17) is 34.8 Å². The number of anilines is 1. The maximum Gasteiger partial charge on any atom is 0.266 e. The highest BCUT2D eigenvalue weighted by Crippen LogP contribution is 2.23. The second-order valence-corrected chi connectivity index (χ2v) is 6.04. The molecule has 0 aromatic carbocycles. The van der Waals surface area contributed by atoms with E-state index >= 15 is 0 Å². The molecule has 0 unspecified atom stereocenters. The van der Waals surface area contributed by atoms with E-state index in [-0.39, 0.29) is 26.2 Å². The van der Waals surface area contributed by atoms with Gasteiger partial charge in [-0.05, 0) is 17.7 Å². The molecule has 0 aliphatic rings. The number of hydrogen-bond acceptors (Lipinski definition) is 5. The highest BCUT2D eigenvalue weighted by Gasteiger charge is 2.19. The minimum atomic E-state index is -3.93. The molecule has 19 heavy (non-hydrogen) atoms. The SMILES string of the molecule is O=S(=O)(Nc1cc(Cl)nc(Cl)n1)c1cnccc1Cl. The molecule has 0 bridgehead atoms. The van der Waals surface area contributed by atoms with Crippen LogP contribution >= 0.6 is 34.8 Å². The van der Waals surface area contributed by atoms with Crippen molar-refractivity contribution < 1.29 is 8.42 Å². The van der Waals surface area contributed by atoms with Gasteiger partial charge in [0.25, 0.3) is 10.0 Å². The summed E-state index contributed by atoms with van der Waals surface area (Å²) < 4.78 is 26.3. The molecule has 10 heteroatoms. The average Bonchev–Trinajstić information content (AvgIpc) is 2.26. The zero-order valence-corrected chi connectivity index (χ0v) is 12.1. The number of rotatable bonds is 3. The van der Waals surface area contributed by atoms with Crippen molar-refractivity contribution in [2.24, 2.45) is 0 Å². The van der Waals surface area contributed by atoms with Crippen LogP contribution in [0.2, 0.25) is 15.5 Å². The summed E-state index contributed by atoms with van der Waals surface area (Å²) in [7, 11) is -3.93. The van der Waals surface area contributed by atoms with Gasteiger partial charge in [-0.1, -0.05) is 23.2 Å². The Morgan fingerprint density at radius 3 is 2.53 bits per heavy atom. The van der Waals surface area contributed by atoms with Gasteiger partial charge >= 0.3 is 0 Å². The number of halogens is 3. The summed E-state index contributed by atoms with van der Waals surface area (Å²) in [4.78, 5) is 10.8. The summed E-state index contributed by atoms with van der Waals surface area (Å²) in [6.07, 6.45) is 2.49. The minimum absolute atomic E-state index is 0.00924. The predicted octanol–water partition coefficient (Wildman–Crippen LogP) is 2.63. The van der Waals surface area contributed by atoms with Crippen molar-refractivity contribution in [3.8, 4) is 0 Å². The molecule has 0 spiro atoms. The van der Waals surface area contributed by atoms with Gasteiger partial charge in [0.1, 0.15) is 15.9 Å². The molecule has 0 radical (unpaired) electrons. The van der Waals surface area contributed by atoms with E-state index in [2.05, 4.69) is 19.7 Å². The highest BCUT2D eigenvalue weighted by atomic mass is 35.5. The van der Waals surface area contributed by atoms with Crippen LogP contribution in [-0.4, -0.2) is 23.4 Å². The van der Waals surface area contributed by atoms with E-state index in [1.54, 1.807) is 0 Å². The number of hydrogen-bond donors (Lipinski definition) is 1. The first-order chi connectivity index (χ1) is 8.88. The van der Waals surface area contributed by atoms with Crippen LogP contribution in [0, 0.1) is 0 Å². The molecular weight excluding hydrogens is 335 g/mol. The van der Waals surface area contributed by atoms with Crippen molar-refractivity contribution >= 4 is 50.6 Å². The summed E-state index contributed by atoms with van der Waals surface area (Å²) in [5.41, 5.74) is 0. The predicted molar refractivity (Wildman–Crippen MR) is 72.1 cm³/mol. The Morgan fingerprint density at radius 2 is 1.89 bits per heavy atom. The van der Waals surface area contributed by atoms with Crippen LogP contribution in [0.1, 0.15) is 0 Å². The van der Waals surface area contributed by atoms with Crippen LogP contribution in [0.5, 0.6) is 0 Å². The van der Waals surface area contributed by atoms with Crippen molar-refractivity contribution in [3.63, 3.8) is 0 Å². The molecule has 1 N–H and O–H groups in total. The van der Waals surface area contributed by atoms with Crippen LogP contribution in [0.3, 0.4) is 0 Å². The first-order valence-electron chi connectivity index (χ1n) is 4.71. The zero-order chi connectivity index (χ0) is 14.0. The number of nitrogens with zero attached hydrogens (tertiary/aromatic N) is 3. The molecule has 0 amide bonds. The zero-order valence-electron chi connectivity index (χ0n) is 9.01. The van der Waals surface area contributed by atoms with E-state index in [0.29, 0.717) is 0 Å². The van der Waals surface area contributed by atoms with Gasteiger partial charge in [-0.25, -0.2) is 13.4 Å². The Labute approximate surface area is 123 Å². The Kier molecular flexibility index (Phi) is 4.10. The minimum Gasteiger partial charge on any atom is -0.263 e.